The molecule has 1 fully saturated rings. The van der Waals surface area contributed by atoms with Gasteiger partial charge in [-0.2, -0.15) is 10.5 Å². The van der Waals surface area contributed by atoms with Crippen LogP contribution in [0.15, 0.2) is 54.7 Å². The second-order valence-electron chi connectivity index (χ2n) is 12.2. The van der Waals surface area contributed by atoms with Gasteiger partial charge in [0.2, 0.25) is 5.91 Å². The van der Waals surface area contributed by atoms with Crippen LogP contribution in [0.1, 0.15) is 98.7 Å². The zero-order valence-corrected chi connectivity index (χ0v) is 29.7. The summed E-state index contributed by atoms with van der Waals surface area (Å²) < 4.78 is 0. The molecular weight excluding hydrogens is 602 g/mol. The number of hydrogen-bond donors (Lipinski definition) is 4. The van der Waals surface area contributed by atoms with Crippen molar-refractivity contribution in [3.05, 3.63) is 88.4 Å². The van der Waals surface area contributed by atoms with E-state index in [1.54, 1.807) is 11.9 Å². The van der Waals surface area contributed by atoms with Gasteiger partial charge in [0.05, 0.1) is 18.0 Å². The quantitative estimate of drug-likeness (QED) is 0.246. The van der Waals surface area contributed by atoms with E-state index in [2.05, 4.69) is 81.3 Å². The molecule has 0 bridgehead atoms. The number of nitrogens with one attached hydrogen (secondary N) is 4. The van der Waals surface area contributed by atoms with E-state index in [9.17, 15) is 14.9 Å². The van der Waals surface area contributed by atoms with Crippen molar-refractivity contribution in [3.8, 4) is 6.07 Å². The van der Waals surface area contributed by atoms with E-state index in [-0.39, 0.29) is 36.4 Å². The zero-order valence-electron chi connectivity index (χ0n) is 29.7. The molecule has 1 aliphatic carbocycles. The molecule has 5 rings (SSSR count). The van der Waals surface area contributed by atoms with Gasteiger partial charge >= 0.3 is 0 Å². The maximum absolute atomic E-state index is 13.2. The van der Waals surface area contributed by atoms with Gasteiger partial charge in [-0.25, -0.2) is 0 Å². The molecule has 2 heterocycles. The van der Waals surface area contributed by atoms with E-state index in [4.69, 9.17) is 0 Å². The van der Waals surface area contributed by atoms with Gasteiger partial charge in [-0.3, -0.25) is 9.59 Å². The van der Waals surface area contributed by atoms with Gasteiger partial charge in [-0.15, -0.1) is 10.2 Å². The Kier molecular flexibility index (Phi) is 14.3. The van der Waals surface area contributed by atoms with Crippen LogP contribution in [0.2, 0.25) is 0 Å². The maximum atomic E-state index is 13.2. The van der Waals surface area contributed by atoms with E-state index in [1.807, 2.05) is 52.1 Å². The van der Waals surface area contributed by atoms with Gasteiger partial charge in [0.1, 0.15) is 6.04 Å². The lowest BCUT2D eigenvalue weighted by Gasteiger charge is -2.39. The Balaban J connectivity index is 0.000000818. The van der Waals surface area contributed by atoms with Crippen LogP contribution in [0.4, 0.5) is 0 Å². The number of carbonyl (C=O) groups excluding carboxylic acids is 2. The highest BCUT2D eigenvalue weighted by Crippen LogP contribution is 2.47. The van der Waals surface area contributed by atoms with Gasteiger partial charge in [-0.1, -0.05) is 76.2 Å². The average molecular weight is 656 g/mol. The van der Waals surface area contributed by atoms with Gasteiger partial charge in [0.25, 0.3) is 5.91 Å². The van der Waals surface area contributed by atoms with Gasteiger partial charge in [-0.05, 0) is 85.0 Å². The smallest absolute Gasteiger partial charge is 0.251 e. The van der Waals surface area contributed by atoms with E-state index in [0.717, 1.165) is 54.5 Å². The molecule has 3 aromatic rings. The maximum Gasteiger partial charge on any atom is 0.251 e. The number of aromatic nitrogens is 4. The summed E-state index contributed by atoms with van der Waals surface area (Å²) in [6, 6.07) is 16.1. The number of carbonyl (C=O) groups is 2. The number of aromatic amines is 1. The fraction of sp³-hybridized carbons (Fsp3) is 0.514. The molecule has 258 valence electrons. The summed E-state index contributed by atoms with van der Waals surface area (Å²) in [4.78, 5) is 27.5. The number of aryl methyl sites for hydroxylation is 2. The number of nitriles is 1. The van der Waals surface area contributed by atoms with Gasteiger partial charge < -0.3 is 20.9 Å². The van der Waals surface area contributed by atoms with Crippen molar-refractivity contribution in [1.82, 2.24) is 41.5 Å². The first-order chi connectivity index (χ1) is 23.2. The fourth-order valence-electron chi connectivity index (χ4n) is 6.57. The number of hydrogen-bond acceptors (Lipinski definition) is 8. The van der Waals surface area contributed by atoms with Gasteiger partial charge in [0, 0.05) is 32.2 Å². The summed E-state index contributed by atoms with van der Waals surface area (Å²) in [6.07, 6.45) is 4.64. The van der Waals surface area contributed by atoms with Crippen molar-refractivity contribution >= 4 is 11.8 Å². The summed E-state index contributed by atoms with van der Waals surface area (Å²) in [5, 5.41) is 34.5. The second-order valence-corrected chi connectivity index (χ2v) is 12.2. The number of nitrogens with zero attached hydrogens (tertiary/aromatic N) is 5. The average Bonchev–Trinajstić information content (AvgIpc) is 3.83. The molecular formula is C37H53N9O2. The molecule has 1 aromatic heterocycles. The molecule has 1 saturated heterocycles. The number of fused-ring (bicyclic) bond motifs is 2. The number of rotatable bonds is 10. The molecule has 4 atom stereocenters. The minimum absolute atomic E-state index is 0.0483. The van der Waals surface area contributed by atoms with E-state index in [0.29, 0.717) is 24.4 Å². The number of allylic oxidation sites excluding steroid dienone is 1. The summed E-state index contributed by atoms with van der Waals surface area (Å²) >= 11 is 0. The van der Waals surface area contributed by atoms with Crippen LogP contribution in [0.3, 0.4) is 0 Å². The predicted molar refractivity (Wildman–Crippen MR) is 189 cm³/mol. The number of H-pyrrole nitrogens is 1. The first-order valence-corrected chi connectivity index (χ1v) is 17.1. The predicted octanol–water partition coefficient (Wildman–Crippen LogP) is 4.67. The molecule has 1 aliphatic heterocycles. The zero-order chi connectivity index (χ0) is 35.3. The summed E-state index contributed by atoms with van der Waals surface area (Å²) in [5.41, 5.74) is 5.26. The van der Waals surface area contributed by atoms with Crippen LogP contribution in [0, 0.1) is 17.2 Å². The third-order valence-electron chi connectivity index (χ3n) is 9.44. The lowest BCUT2D eigenvalue weighted by molar-refractivity contribution is -0.130. The molecule has 0 radical (unpaired) electrons. The van der Waals surface area contributed by atoms with Crippen LogP contribution in [-0.4, -0.2) is 76.6 Å². The third-order valence-corrected chi connectivity index (χ3v) is 9.44. The van der Waals surface area contributed by atoms with Crippen LogP contribution in [0.25, 0.3) is 0 Å². The first-order valence-electron chi connectivity index (χ1n) is 17.1. The molecule has 2 aromatic carbocycles. The van der Waals surface area contributed by atoms with E-state index in [1.165, 1.54) is 5.56 Å². The second kappa shape index (κ2) is 18.1. The van der Waals surface area contributed by atoms with Crippen molar-refractivity contribution in [3.63, 3.8) is 0 Å². The molecule has 2 amide bonds. The highest BCUT2D eigenvalue weighted by molar-refractivity contribution is 5.94. The Morgan fingerprint density at radius 3 is 2.44 bits per heavy atom. The molecule has 4 N–H and O–H groups in total. The molecule has 11 heteroatoms. The Hall–Kier alpha value is -4.56. The van der Waals surface area contributed by atoms with Crippen LogP contribution < -0.4 is 16.0 Å². The number of tetrazole rings is 1. The van der Waals surface area contributed by atoms with E-state index < -0.39 is 5.41 Å². The molecule has 48 heavy (non-hydrogen) atoms. The lowest BCUT2D eigenvalue weighted by Crippen LogP contribution is -2.48. The Morgan fingerprint density at radius 1 is 1.12 bits per heavy atom. The summed E-state index contributed by atoms with van der Waals surface area (Å²) in [7, 11) is 3.49. The molecule has 3 unspecified atom stereocenters. The standard InChI is InChI=1S/C31H38N8O2.C4H9N.C2H6/c1-4-20(2)27(34-19-28(40)39-15-7-9-24(39)18-32)17-31(30-35-37-38-36-30)25-10-6-5-8-21(25)11-12-22-16-23(29(41)33-3)13-14-26(22)31;1-4(2)5-3;1-2/h5-6,8,10,13-14,16,20,24,27,34H,4,7,9,11-12,15,17,19H2,1-3H3,(H,33,41)(H,35,36,37,38);5H,1H2,2-3H3;1-2H3/t20-,24?,27?,31?;;/m1../s1. The van der Waals surface area contributed by atoms with Crippen molar-refractivity contribution in [2.75, 3.05) is 27.2 Å². The van der Waals surface area contributed by atoms with Crippen molar-refractivity contribution in [2.24, 2.45) is 5.92 Å². The Morgan fingerprint density at radius 2 is 1.81 bits per heavy atom. The highest BCUT2D eigenvalue weighted by Gasteiger charge is 2.46. The normalized spacial score (nSPS) is 19.0. The number of benzene rings is 2. The van der Waals surface area contributed by atoms with Gasteiger partial charge in [0.15, 0.2) is 5.82 Å². The molecule has 2 aliphatic rings. The minimum atomic E-state index is -0.774. The molecule has 0 saturated carbocycles. The van der Waals surface area contributed by atoms with Crippen molar-refractivity contribution in [1.29, 1.82) is 5.26 Å². The molecule has 0 spiro atoms. The lowest BCUT2D eigenvalue weighted by atomic mass is 9.66. The SMILES string of the molecule is C=C(C)NC.CC.CC[C@@H](C)C(CC1(c2nn[nH]n2)c2ccccc2CCc2cc(C(=O)NC)ccc21)NCC(=O)N1CCCC1C#N. The van der Waals surface area contributed by atoms with Crippen LogP contribution in [-0.2, 0) is 23.1 Å². The molecule has 11 nitrogen and oxygen atoms in total. The third kappa shape index (κ3) is 8.47. The van der Waals surface area contributed by atoms with E-state index >= 15 is 0 Å². The topological polar surface area (TPSA) is 152 Å². The van der Waals surface area contributed by atoms with Crippen LogP contribution in [0.5, 0.6) is 0 Å². The first kappa shape index (κ1) is 37.9. The van der Waals surface area contributed by atoms with Crippen molar-refractivity contribution in [2.45, 2.75) is 90.6 Å². The summed E-state index contributed by atoms with van der Waals surface area (Å²) in [5.74, 6) is 0.607. The van der Waals surface area contributed by atoms with Crippen LogP contribution >= 0.6 is 0 Å². The van der Waals surface area contributed by atoms with Crippen molar-refractivity contribution < 1.29 is 9.59 Å². The Labute approximate surface area is 286 Å². The number of amides is 2. The fourth-order valence-corrected chi connectivity index (χ4v) is 6.57. The minimum Gasteiger partial charge on any atom is -0.392 e. The monoisotopic (exact) mass is 655 g/mol. The highest BCUT2D eigenvalue weighted by atomic mass is 16.2. The summed E-state index contributed by atoms with van der Waals surface area (Å²) in [6.45, 7) is 14.6. The Bertz CT molecular complexity index is 1550. The number of likely N-dealkylation sites (tertiary alicyclic amines) is 1. The largest absolute Gasteiger partial charge is 0.392 e.